The molecule has 0 aliphatic heterocycles. The minimum atomic E-state index is -0.962. The van der Waals surface area contributed by atoms with Crippen LogP contribution in [0, 0.1) is 10.5 Å². The van der Waals surface area contributed by atoms with Gasteiger partial charge in [0.15, 0.2) is 21.2 Å². The second kappa shape index (κ2) is 12.5. The Bertz CT molecular complexity index is 815. The van der Waals surface area contributed by atoms with E-state index in [9.17, 15) is 12.7 Å². The van der Waals surface area contributed by atoms with Crippen LogP contribution < -0.4 is 0 Å². The molecule has 0 saturated heterocycles. The molecule has 0 fully saturated rings. The van der Waals surface area contributed by atoms with E-state index in [2.05, 4.69) is 0 Å². The highest BCUT2D eigenvalue weighted by Crippen LogP contribution is 2.13. The van der Waals surface area contributed by atoms with Crippen LogP contribution in [0.4, 0.5) is 0 Å². The molecule has 0 aliphatic carbocycles. The van der Waals surface area contributed by atoms with Crippen molar-refractivity contribution in [2.75, 3.05) is 0 Å². The van der Waals surface area contributed by atoms with Gasteiger partial charge in [0.25, 0.3) is 0 Å². The molecule has 27 heavy (non-hydrogen) atoms. The lowest BCUT2D eigenvalue weighted by atomic mass is 10.2. The van der Waals surface area contributed by atoms with E-state index in [0.717, 1.165) is 9.13 Å². The summed E-state index contributed by atoms with van der Waals surface area (Å²) in [7, 11) is 0. The molecule has 0 radical (unpaired) electrons. The van der Waals surface area contributed by atoms with Crippen LogP contribution in [0.5, 0.6) is 0 Å². The molecule has 3 aromatic carbocycles. The Balaban J connectivity index is 0.000000202. The smallest absolute Gasteiger partial charge is 0.335 e. The van der Waals surface area contributed by atoms with Crippen molar-refractivity contribution in [3.05, 3.63) is 105 Å². The van der Waals surface area contributed by atoms with Gasteiger partial charge in [0.2, 0.25) is 0 Å². The highest BCUT2D eigenvalue weighted by molar-refractivity contribution is 14.1. The third-order valence-corrected chi connectivity index (χ3v) is 4.89. The number of halogens is 1. The molecule has 0 atom stereocenters. The zero-order valence-electron chi connectivity index (χ0n) is 14.6. The Morgan fingerprint density at radius 3 is 1.30 bits per heavy atom. The summed E-state index contributed by atoms with van der Waals surface area (Å²) >= 11 is -0.962. The molecule has 3 aromatic rings. The molecule has 0 heterocycles. The molecule has 6 heteroatoms. The van der Waals surface area contributed by atoms with Gasteiger partial charge < -0.3 is 10.2 Å². The number of benzene rings is 3. The number of hydrogen-bond donors (Lipinski definition) is 2. The van der Waals surface area contributed by atoms with Crippen molar-refractivity contribution in [3.8, 4) is 0 Å². The molecule has 0 aromatic heterocycles. The van der Waals surface area contributed by atoms with E-state index in [1.165, 1.54) is 0 Å². The second-order valence-electron chi connectivity index (χ2n) is 5.17. The maximum absolute atomic E-state index is 10.5. The van der Waals surface area contributed by atoms with Gasteiger partial charge in [-0.15, -0.1) is 0 Å². The van der Waals surface area contributed by atoms with Crippen molar-refractivity contribution < 1.29 is 22.9 Å². The van der Waals surface area contributed by atoms with E-state index >= 15 is 0 Å². The predicted molar refractivity (Wildman–Crippen MR) is 111 cm³/mol. The molecule has 3 rings (SSSR count). The first-order chi connectivity index (χ1) is 13.0. The second-order valence-corrected chi connectivity index (χ2v) is 6.77. The fourth-order valence-electron chi connectivity index (χ4n) is 1.80. The highest BCUT2D eigenvalue weighted by atomic mass is 127. The van der Waals surface area contributed by atoms with Crippen molar-refractivity contribution in [3.63, 3.8) is 0 Å². The zero-order valence-corrected chi connectivity index (χ0v) is 16.7. The number of aromatic carboxylic acids is 2. The summed E-state index contributed by atoms with van der Waals surface area (Å²) in [6, 6.07) is 24.4. The van der Waals surface area contributed by atoms with Gasteiger partial charge in [-0.05, 0) is 42.8 Å². The monoisotopic (exact) mass is 478 g/mol. The van der Waals surface area contributed by atoms with Crippen LogP contribution in [0.3, 0.4) is 0 Å². The van der Waals surface area contributed by atoms with Crippen LogP contribution in [0.2, 0.25) is 0 Å². The minimum Gasteiger partial charge on any atom is -0.478 e. The highest BCUT2D eigenvalue weighted by Gasteiger charge is 1.97. The Hall–Kier alpha value is -2.87. The number of rotatable bonds is 3. The quantitative estimate of drug-likeness (QED) is 0.502. The number of carboxylic acid groups (broad SMARTS) is 2. The van der Waals surface area contributed by atoms with Gasteiger partial charge in [0.05, 0.1) is 11.1 Å². The van der Waals surface area contributed by atoms with Crippen LogP contribution in [0.1, 0.15) is 26.3 Å². The number of carbonyl (C=O) groups is 2. The van der Waals surface area contributed by atoms with Crippen LogP contribution in [-0.2, 0) is 3.07 Å². The Kier molecular flexibility index (Phi) is 10.2. The summed E-state index contributed by atoms with van der Waals surface area (Å²) in [5.74, 6) is -1.76. The normalized spacial score (nSPS) is 9.07. The number of aryl methyl sites for hydroxylation is 1. The van der Waals surface area contributed by atoms with Crippen molar-refractivity contribution in [2.24, 2.45) is 0 Å². The first-order valence-electron chi connectivity index (χ1n) is 7.85. The Morgan fingerprint density at radius 2 is 1.04 bits per heavy atom. The first-order valence-corrected chi connectivity index (χ1v) is 9.81. The largest absolute Gasteiger partial charge is 0.478 e. The lowest BCUT2D eigenvalue weighted by Crippen LogP contribution is -1.93. The molecule has 0 bridgehead atoms. The van der Waals surface area contributed by atoms with E-state index in [4.69, 9.17) is 10.2 Å². The summed E-state index contributed by atoms with van der Waals surface area (Å²) in [5, 5.41) is 16.8. The zero-order chi connectivity index (χ0) is 20.1. The summed E-state index contributed by atoms with van der Waals surface area (Å²) in [5.41, 5.74) is 1.80. The Labute approximate surface area is 168 Å². The number of hydrogen-bond acceptors (Lipinski definition) is 3. The predicted octanol–water partition coefficient (Wildman–Crippen LogP) is 5.25. The van der Waals surface area contributed by atoms with Gasteiger partial charge >= 0.3 is 11.9 Å². The lowest BCUT2D eigenvalue weighted by molar-refractivity contribution is 0.0686. The third-order valence-electron chi connectivity index (χ3n) is 3.20. The molecule has 0 spiro atoms. The maximum Gasteiger partial charge on any atom is 0.335 e. The van der Waals surface area contributed by atoms with Gasteiger partial charge in [-0.3, -0.25) is 3.07 Å². The summed E-state index contributed by atoms with van der Waals surface area (Å²) < 4.78 is 11.5. The minimum absolute atomic E-state index is 0.331. The maximum atomic E-state index is 10.5. The van der Waals surface area contributed by atoms with Crippen LogP contribution in [0.25, 0.3) is 0 Å². The van der Waals surface area contributed by atoms with Crippen molar-refractivity contribution in [2.45, 2.75) is 6.92 Å². The van der Waals surface area contributed by atoms with Gasteiger partial charge in [-0.1, -0.05) is 54.6 Å². The lowest BCUT2D eigenvalue weighted by Gasteiger charge is -1.91. The average Bonchev–Trinajstić information content (AvgIpc) is 2.70. The number of carboxylic acids is 2. The molecule has 5 nitrogen and oxygen atoms in total. The topological polar surface area (TPSA) is 91.7 Å². The van der Waals surface area contributed by atoms with Crippen LogP contribution in [0.15, 0.2) is 84.9 Å². The third kappa shape index (κ3) is 8.87. The van der Waals surface area contributed by atoms with Crippen molar-refractivity contribution >= 4 is 33.1 Å². The van der Waals surface area contributed by atoms with Crippen LogP contribution in [-0.4, -0.2) is 22.2 Å². The SMILES string of the molecule is Cc1ccccc1I=O.O=C(O)c1ccccc1.O=C(O)c1ccccc1. The molecule has 0 aliphatic rings. The average molecular weight is 478 g/mol. The molecular weight excluding hydrogens is 459 g/mol. The molecule has 0 saturated carbocycles. The fraction of sp³-hybridized carbons (Fsp3) is 0.0476. The standard InChI is InChI=1S/C7H7IO.2C7H6O2/c1-6-4-2-3-5-7(6)8-9;2*8-7(9)6-4-2-1-3-5-6/h2-5H,1H3;2*1-5H,(H,8,9). The van der Waals surface area contributed by atoms with E-state index < -0.39 is 33.1 Å². The summed E-state index contributed by atoms with van der Waals surface area (Å²) in [4.78, 5) is 20.4. The first kappa shape index (κ1) is 22.2. The van der Waals surface area contributed by atoms with Gasteiger partial charge in [-0.25, -0.2) is 9.59 Å². The van der Waals surface area contributed by atoms with E-state index in [0.29, 0.717) is 11.1 Å². The molecule has 140 valence electrons. The van der Waals surface area contributed by atoms with E-state index in [1.807, 2.05) is 31.2 Å². The van der Waals surface area contributed by atoms with Crippen molar-refractivity contribution in [1.29, 1.82) is 0 Å². The summed E-state index contributed by atoms with van der Waals surface area (Å²) in [6.45, 7) is 1.98. The van der Waals surface area contributed by atoms with Gasteiger partial charge in [0.1, 0.15) is 0 Å². The van der Waals surface area contributed by atoms with E-state index in [-0.39, 0.29) is 0 Å². The van der Waals surface area contributed by atoms with E-state index in [1.54, 1.807) is 60.7 Å². The Morgan fingerprint density at radius 1 is 0.667 bits per heavy atom. The van der Waals surface area contributed by atoms with Crippen LogP contribution >= 0.6 is 21.2 Å². The van der Waals surface area contributed by atoms with Crippen molar-refractivity contribution in [1.82, 2.24) is 0 Å². The summed E-state index contributed by atoms with van der Waals surface area (Å²) in [6.07, 6.45) is 0. The molecule has 2 N–H and O–H groups in total. The molecular formula is C21H19IO5. The molecule has 0 unspecified atom stereocenters. The fourth-order valence-corrected chi connectivity index (χ4v) is 2.68. The van der Waals surface area contributed by atoms with Gasteiger partial charge in [-0.2, -0.15) is 0 Å². The molecule has 0 amide bonds. The van der Waals surface area contributed by atoms with Gasteiger partial charge in [0, 0.05) is 3.57 Å².